The molecule has 1 fully saturated rings. The highest BCUT2D eigenvalue weighted by Crippen LogP contribution is 2.23. The third-order valence-electron chi connectivity index (χ3n) is 3.66. The molecular formula is C15H18ClNO2. The maximum absolute atomic E-state index is 12.4. The first-order valence-electron chi connectivity index (χ1n) is 6.61. The number of hydrogen-bond acceptors (Lipinski definition) is 2. The van der Waals surface area contributed by atoms with Gasteiger partial charge in [0.25, 0.3) is 5.91 Å². The van der Waals surface area contributed by atoms with Crippen LogP contribution in [0.15, 0.2) is 18.2 Å². The molecule has 1 aromatic carbocycles. The number of carbonyl (C=O) groups excluding carboxylic acids is 2. The van der Waals surface area contributed by atoms with Crippen LogP contribution in [0.3, 0.4) is 0 Å². The molecule has 1 saturated heterocycles. The normalized spacial score (nSPS) is 19.6. The van der Waals surface area contributed by atoms with Gasteiger partial charge in [-0.2, -0.15) is 0 Å². The first kappa shape index (κ1) is 14.1. The van der Waals surface area contributed by atoms with Crippen LogP contribution in [0, 0.1) is 12.8 Å². The molecule has 4 heteroatoms. The lowest BCUT2D eigenvalue weighted by atomic mass is 9.93. The van der Waals surface area contributed by atoms with Crippen molar-refractivity contribution in [3.63, 3.8) is 0 Å². The Labute approximate surface area is 118 Å². The monoisotopic (exact) mass is 279 g/mol. The molecule has 1 aromatic rings. The van der Waals surface area contributed by atoms with Crippen molar-refractivity contribution in [2.24, 2.45) is 5.92 Å². The van der Waals surface area contributed by atoms with Crippen LogP contribution >= 0.6 is 11.6 Å². The van der Waals surface area contributed by atoms with Crippen molar-refractivity contribution >= 4 is 23.3 Å². The molecule has 0 spiro atoms. The molecule has 0 saturated carbocycles. The smallest absolute Gasteiger partial charge is 0.255 e. The van der Waals surface area contributed by atoms with Crippen molar-refractivity contribution in [1.82, 2.24) is 4.90 Å². The van der Waals surface area contributed by atoms with Crippen LogP contribution < -0.4 is 0 Å². The number of ketones is 1. The maximum Gasteiger partial charge on any atom is 0.255 e. The van der Waals surface area contributed by atoms with Gasteiger partial charge >= 0.3 is 0 Å². The first-order chi connectivity index (χ1) is 9.02. The second kappa shape index (κ2) is 5.74. The number of hydrogen-bond donors (Lipinski definition) is 0. The Hall–Kier alpha value is -1.35. The Kier molecular flexibility index (Phi) is 4.25. The summed E-state index contributed by atoms with van der Waals surface area (Å²) >= 11 is 6.13. The predicted molar refractivity (Wildman–Crippen MR) is 75.5 cm³/mol. The minimum Gasteiger partial charge on any atom is -0.337 e. The zero-order valence-corrected chi connectivity index (χ0v) is 12.0. The van der Waals surface area contributed by atoms with Crippen molar-refractivity contribution in [3.8, 4) is 0 Å². The average molecular weight is 280 g/mol. The highest BCUT2D eigenvalue weighted by Gasteiger charge is 2.29. The van der Waals surface area contributed by atoms with Gasteiger partial charge in [0, 0.05) is 25.4 Å². The van der Waals surface area contributed by atoms with E-state index in [0.29, 0.717) is 30.1 Å². The Bertz CT molecular complexity index is 513. The Balaban J connectivity index is 2.18. The summed E-state index contributed by atoms with van der Waals surface area (Å²) in [6.45, 7) is 4.93. The van der Waals surface area contributed by atoms with Gasteiger partial charge in [-0.1, -0.05) is 24.6 Å². The molecule has 19 heavy (non-hydrogen) atoms. The molecule has 0 radical (unpaired) electrons. The molecule has 102 valence electrons. The molecule has 0 N–H and O–H groups in total. The van der Waals surface area contributed by atoms with Gasteiger partial charge in [0.05, 0.1) is 10.6 Å². The van der Waals surface area contributed by atoms with E-state index in [-0.39, 0.29) is 17.6 Å². The fourth-order valence-electron chi connectivity index (χ4n) is 2.41. The largest absolute Gasteiger partial charge is 0.337 e. The number of benzene rings is 1. The van der Waals surface area contributed by atoms with Crippen molar-refractivity contribution in [2.75, 3.05) is 13.1 Å². The third kappa shape index (κ3) is 2.98. The number of amides is 1. The van der Waals surface area contributed by atoms with Crippen LogP contribution in [-0.2, 0) is 4.79 Å². The molecule has 1 unspecified atom stereocenters. The number of nitrogens with zero attached hydrogens (tertiary/aromatic N) is 1. The zero-order valence-electron chi connectivity index (χ0n) is 11.3. The van der Waals surface area contributed by atoms with Gasteiger partial charge in [-0.05, 0) is 31.0 Å². The summed E-state index contributed by atoms with van der Waals surface area (Å²) in [6, 6.07) is 5.43. The number of piperidine rings is 1. The topological polar surface area (TPSA) is 37.4 Å². The lowest BCUT2D eigenvalue weighted by Crippen LogP contribution is -2.44. The van der Waals surface area contributed by atoms with E-state index in [9.17, 15) is 9.59 Å². The molecule has 1 heterocycles. The van der Waals surface area contributed by atoms with Crippen molar-refractivity contribution < 1.29 is 9.59 Å². The minimum absolute atomic E-state index is 0.0260. The lowest BCUT2D eigenvalue weighted by Gasteiger charge is -2.31. The van der Waals surface area contributed by atoms with Crippen LogP contribution in [0.2, 0.25) is 5.02 Å². The number of carbonyl (C=O) groups is 2. The van der Waals surface area contributed by atoms with Gasteiger partial charge in [0.15, 0.2) is 0 Å². The molecule has 0 aromatic heterocycles. The fraction of sp³-hybridized carbons (Fsp3) is 0.467. The second-order valence-electron chi connectivity index (χ2n) is 5.06. The van der Waals surface area contributed by atoms with E-state index in [0.717, 1.165) is 12.0 Å². The van der Waals surface area contributed by atoms with E-state index in [1.165, 1.54) is 0 Å². The van der Waals surface area contributed by atoms with Gasteiger partial charge < -0.3 is 4.90 Å². The lowest BCUT2D eigenvalue weighted by molar-refractivity contribution is -0.125. The van der Waals surface area contributed by atoms with E-state index in [1.807, 2.05) is 19.9 Å². The van der Waals surface area contributed by atoms with E-state index in [1.54, 1.807) is 17.0 Å². The van der Waals surface area contributed by atoms with Gasteiger partial charge in [0.2, 0.25) is 0 Å². The highest BCUT2D eigenvalue weighted by molar-refractivity contribution is 6.33. The van der Waals surface area contributed by atoms with Crippen LogP contribution in [0.1, 0.15) is 35.7 Å². The third-order valence-corrected chi connectivity index (χ3v) is 3.97. The molecule has 3 nitrogen and oxygen atoms in total. The molecule has 0 bridgehead atoms. The summed E-state index contributed by atoms with van der Waals surface area (Å²) in [5.41, 5.74) is 1.55. The minimum atomic E-state index is -0.0732. The molecule has 1 aliphatic heterocycles. The number of halogens is 1. The quantitative estimate of drug-likeness (QED) is 0.834. The van der Waals surface area contributed by atoms with E-state index >= 15 is 0 Å². The molecule has 0 aliphatic carbocycles. The molecule has 2 rings (SSSR count). The van der Waals surface area contributed by atoms with Crippen LogP contribution in [0.5, 0.6) is 0 Å². The highest BCUT2D eigenvalue weighted by atomic mass is 35.5. The van der Waals surface area contributed by atoms with E-state index in [2.05, 4.69) is 0 Å². The maximum atomic E-state index is 12.4. The van der Waals surface area contributed by atoms with Crippen molar-refractivity contribution in [3.05, 3.63) is 34.3 Å². The first-order valence-corrected chi connectivity index (χ1v) is 6.99. The van der Waals surface area contributed by atoms with Crippen molar-refractivity contribution in [2.45, 2.75) is 26.7 Å². The van der Waals surface area contributed by atoms with Gasteiger partial charge in [-0.3, -0.25) is 9.59 Å². The summed E-state index contributed by atoms with van der Waals surface area (Å²) in [6.07, 6.45) is 1.23. The van der Waals surface area contributed by atoms with Gasteiger partial charge in [-0.25, -0.2) is 0 Å². The van der Waals surface area contributed by atoms with Crippen LogP contribution in [0.4, 0.5) is 0 Å². The van der Waals surface area contributed by atoms with E-state index in [4.69, 9.17) is 11.6 Å². The molecule has 1 atom stereocenters. The predicted octanol–water partition coefficient (Wildman–Crippen LogP) is 3.09. The Morgan fingerprint density at radius 3 is 2.84 bits per heavy atom. The Morgan fingerprint density at radius 1 is 1.47 bits per heavy atom. The summed E-state index contributed by atoms with van der Waals surface area (Å²) in [5.74, 6) is 0.166. The Morgan fingerprint density at radius 2 is 2.21 bits per heavy atom. The summed E-state index contributed by atoms with van der Waals surface area (Å²) in [5, 5.41) is 0.481. The average Bonchev–Trinajstić information content (AvgIpc) is 2.38. The number of rotatable bonds is 2. The van der Waals surface area contributed by atoms with E-state index < -0.39 is 0 Å². The summed E-state index contributed by atoms with van der Waals surface area (Å²) in [4.78, 5) is 25.8. The SMILES string of the molecule is CCC1CN(C(=O)c2ccc(C)cc2Cl)CCC1=O. The van der Waals surface area contributed by atoms with Crippen molar-refractivity contribution in [1.29, 1.82) is 0 Å². The standard InChI is InChI=1S/C15H18ClNO2/c1-3-11-9-17(7-6-14(11)18)15(19)12-5-4-10(2)8-13(12)16/h4-5,8,11H,3,6-7,9H2,1-2H3. The molecule has 1 amide bonds. The number of aryl methyl sites for hydroxylation is 1. The fourth-order valence-corrected chi connectivity index (χ4v) is 2.73. The summed E-state index contributed by atoms with van der Waals surface area (Å²) in [7, 11) is 0. The zero-order chi connectivity index (χ0) is 14.0. The number of Topliss-reactive ketones (excluding diaryl/α,β-unsaturated/α-hetero) is 1. The molecular weight excluding hydrogens is 262 g/mol. The summed E-state index contributed by atoms with van der Waals surface area (Å²) < 4.78 is 0. The number of likely N-dealkylation sites (tertiary alicyclic amines) is 1. The van der Waals surface area contributed by atoms with Crippen LogP contribution in [-0.4, -0.2) is 29.7 Å². The van der Waals surface area contributed by atoms with Gasteiger partial charge in [0.1, 0.15) is 5.78 Å². The molecule has 1 aliphatic rings. The van der Waals surface area contributed by atoms with Crippen LogP contribution in [0.25, 0.3) is 0 Å². The van der Waals surface area contributed by atoms with Gasteiger partial charge in [-0.15, -0.1) is 0 Å². The second-order valence-corrected chi connectivity index (χ2v) is 5.46.